The third-order valence-corrected chi connectivity index (χ3v) is 11.7. The van der Waals surface area contributed by atoms with E-state index in [1.165, 1.54) is 18.2 Å². The fourth-order valence-electron chi connectivity index (χ4n) is 7.27. The van der Waals surface area contributed by atoms with Gasteiger partial charge in [0.1, 0.15) is 31.3 Å². The molecule has 0 aliphatic carbocycles. The van der Waals surface area contributed by atoms with Crippen LogP contribution < -0.4 is 118 Å². The first-order valence-corrected chi connectivity index (χ1v) is 19.9. The number of nitrogens with zero attached hydrogens (tertiary/aromatic N) is 8. The zero-order valence-corrected chi connectivity index (χ0v) is 42.2. The second kappa shape index (κ2) is 16.6. The molecule has 0 atom stereocenters. The molecule has 7 aromatic carbocycles. The van der Waals surface area contributed by atoms with Gasteiger partial charge in [-0.15, -0.1) is 69.3 Å². The van der Waals surface area contributed by atoms with Gasteiger partial charge in [0.15, 0.2) is 0 Å². The molecule has 0 radical (unpaired) electrons. The predicted molar refractivity (Wildman–Crippen MR) is 206 cm³/mol. The molecule has 0 aliphatic rings. The van der Waals surface area contributed by atoms with Crippen molar-refractivity contribution in [3.8, 4) is 11.4 Å². The number of aromatic nitrogens is 6. The Kier molecular flexibility index (Phi) is 12.5. The summed E-state index contributed by atoms with van der Waals surface area (Å²) in [5.74, 6) is 0. The van der Waals surface area contributed by atoms with Crippen molar-refractivity contribution in [1.82, 2.24) is 28.1 Å². The average molecular weight is 867 g/mol. The SMILES string of the molecule is O=S(=O)([O-])c1ccc2c(ccc3c2n2n(-c4ccc(N=Nc5c[c-]c(C=Cc6ccc(-n7n8c9c[c-]c%10ccccc%10c9n78)cc6S(=O)(=O)[O-])cc5)cc4)n32)c1.[Na+].[Na+].[Na+].[Na+]. The molecule has 11 rings (SSSR count). The maximum atomic E-state index is 12.4. The smallest absolute Gasteiger partial charge is 0.744 e. The summed E-state index contributed by atoms with van der Waals surface area (Å²) < 4.78 is 79.3. The molecule has 14 nitrogen and oxygen atoms in total. The number of hydrogen-bond donors (Lipinski definition) is 0. The van der Waals surface area contributed by atoms with Crippen molar-refractivity contribution in [3.63, 3.8) is 0 Å². The molecule has 11 aromatic rings. The molecular formula is C40H22N8Na4O6S2. The van der Waals surface area contributed by atoms with Crippen LogP contribution in [0.3, 0.4) is 0 Å². The van der Waals surface area contributed by atoms with Crippen LogP contribution in [0.5, 0.6) is 0 Å². The molecule has 0 fully saturated rings. The topological polar surface area (TPSA) is 167 Å². The molecule has 0 spiro atoms. The van der Waals surface area contributed by atoms with Crippen molar-refractivity contribution >= 4 is 87.4 Å². The van der Waals surface area contributed by atoms with E-state index in [1.54, 1.807) is 54.6 Å². The van der Waals surface area contributed by atoms with Gasteiger partial charge in [0.2, 0.25) is 0 Å². The van der Waals surface area contributed by atoms with Gasteiger partial charge in [-0.2, -0.15) is 29.5 Å². The Bertz CT molecular complexity index is 3660. The first-order valence-electron chi connectivity index (χ1n) is 17.1. The maximum Gasteiger partial charge on any atom is 1.00 e. The number of rotatable bonds is 8. The van der Waals surface area contributed by atoms with Crippen molar-refractivity contribution in [2.45, 2.75) is 9.79 Å². The summed E-state index contributed by atoms with van der Waals surface area (Å²) in [6.45, 7) is 0. The molecule has 60 heavy (non-hydrogen) atoms. The molecule has 0 bridgehead atoms. The summed E-state index contributed by atoms with van der Waals surface area (Å²) >= 11 is 0. The molecule has 4 heterocycles. The van der Waals surface area contributed by atoms with Gasteiger partial charge < -0.3 is 9.11 Å². The van der Waals surface area contributed by atoms with Crippen LogP contribution in [0.2, 0.25) is 0 Å². The van der Waals surface area contributed by atoms with E-state index >= 15 is 0 Å². The number of azo groups is 1. The molecule has 0 saturated carbocycles. The van der Waals surface area contributed by atoms with Gasteiger partial charge in [-0.1, -0.05) is 41.8 Å². The van der Waals surface area contributed by atoms with E-state index < -0.39 is 20.2 Å². The summed E-state index contributed by atoms with van der Waals surface area (Å²) in [6.07, 6.45) is 3.25. The Morgan fingerprint density at radius 2 is 1.22 bits per heavy atom. The van der Waals surface area contributed by atoms with Crippen LogP contribution in [0.1, 0.15) is 11.1 Å². The van der Waals surface area contributed by atoms with Gasteiger partial charge in [-0.05, 0) is 65.5 Å². The molecule has 0 aliphatic heterocycles. The molecule has 0 saturated heterocycles. The van der Waals surface area contributed by atoms with E-state index in [0.29, 0.717) is 28.0 Å². The van der Waals surface area contributed by atoms with Gasteiger partial charge >= 0.3 is 118 Å². The van der Waals surface area contributed by atoms with Crippen LogP contribution in [0.15, 0.2) is 141 Å². The second-order valence-electron chi connectivity index (χ2n) is 13.3. The Balaban J connectivity index is 0.00000136. The molecular weight excluding hydrogens is 845 g/mol. The summed E-state index contributed by atoms with van der Waals surface area (Å²) in [5.41, 5.74) is 7.31. The van der Waals surface area contributed by atoms with E-state index in [0.717, 1.165) is 43.9 Å². The fourth-order valence-corrected chi connectivity index (χ4v) is 8.47. The van der Waals surface area contributed by atoms with Gasteiger partial charge in [0.05, 0.1) is 26.9 Å². The molecule has 0 unspecified atom stereocenters. The van der Waals surface area contributed by atoms with Crippen molar-refractivity contribution in [3.05, 3.63) is 145 Å². The van der Waals surface area contributed by atoms with Crippen molar-refractivity contribution in [2.75, 3.05) is 0 Å². The first kappa shape index (κ1) is 45.1. The zero-order chi connectivity index (χ0) is 38.1. The predicted octanol–water partition coefficient (Wildman–Crippen LogP) is -4.53. The van der Waals surface area contributed by atoms with Crippen LogP contribution in [0.4, 0.5) is 11.4 Å². The Morgan fingerprint density at radius 3 is 1.93 bits per heavy atom. The third-order valence-electron chi connectivity index (χ3n) is 9.99. The summed E-state index contributed by atoms with van der Waals surface area (Å²) in [5, 5.41) is 12.2. The quantitative estimate of drug-likeness (QED) is 0.0491. The Morgan fingerprint density at radius 1 is 0.550 bits per heavy atom. The van der Waals surface area contributed by atoms with E-state index in [1.807, 2.05) is 88.8 Å². The minimum atomic E-state index is -4.80. The molecule has 4 aromatic heterocycles. The zero-order valence-electron chi connectivity index (χ0n) is 32.5. The standard InChI is InChI=1S/C40H24N8O6S2.4Na/c49-55(50,51)33-19-20-35-28(23-33)11-22-37-40(35)47-43(45(37)47)31-17-14-30(15-18-31)42-41-29-12-6-25(7-13-29)5-8-27-9-16-32(24-38(27)56(52,53)54)44-46-36-21-10-26-3-1-2-4-34(26)39(36)48(44)46;;;;/h1-6,8-9,11-24H,(H,49,50,51)(H,52,53,54);;;;/q-2;4*+1/p-2. The van der Waals surface area contributed by atoms with Crippen molar-refractivity contribution < 1.29 is 144 Å². The van der Waals surface area contributed by atoms with E-state index in [4.69, 9.17) is 0 Å². The van der Waals surface area contributed by atoms with Gasteiger partial charge in [0.25, 0.3) is 0 Å². The van der Waals surface area contributed by atoms with Crippen LogP contribution in [0, 0.1) is 12.1 Å². The summed E-state index contributed by atoms with van der Waals surface area (Å²) in [6, 6.07) is 41.7. The van der Waals surface area contributed by atoms with Gasteiger partial charge in [-0.25, -0.2) is 21.9 Å². The average Bonchev–Trinajstić information content (AvgIpc) is 4.05. The van der Waals surface area contributed by atoms with Crippen LogP contribution in [0.25, 0.3) is 67.1 Å². The minimum Gasteiger partial charge on any atom is -0.744 e. The first-order chi connectivity index (χ1) is 27.0. The Labute approximate surface area is 430 Å². The van der Waals surface area contributed by atoms with Crippen LogP contribution >= 0.6 is 0 Å². The van der Waals surface area contributed by atoms with Crippen molar-refractivity contribution in [1.29, 1.82) is 0 Å². The number of fused-ring (bicyclic) bond motifs is 12. The largest absolute Gasteiger partial charge is 1.00 e. The monoisotopic (exact) mass is 866 g/mol. The second-order valence-corrected chi connectivity index (χ2v) is 16.0. The van der Waals surface area contributed by atoms with E-state index in [2.05, 4.69) is 22.4 Å². The molecule has 20 heteroatoms. The van der Waals surface area contributed by atoms with Crippen LogP contribution in [-0.4, -0.2) is 54.1 Å². The van der Waals surface area contributed by atoms with E-state index in [9.17, 15) is 25.9 Å². The molecule has 0 amide bonds. The van der Waals surface area contributed by atoms with Gasteiger partial charge in [0, 0.05) is 22.1 Å². The minimum absolute atomic E-state index is 0. The number of benzene rings is 7. The molecule has 0 N–H and O–H groups in total. The van der Waals surface area contributed by atoms with E-state index in [-0.39, 0.29) is 134 Å². The maximum absolute atomic E-state index is 12.4. The molecule has 274 valence electrons. The number of hydrogen-bond acceptors (Lipinski definition) is 8. The van der Waals surface area contributed by atoms with Crippen LogP contribution in [-0.2, 0) is 20.2 Å². The third kappa shape index (κ3) is 7.53. The summed E-state index contributed by atoms with van der Waals surface area (Å²) in [7, 11) is -9.35. The summed E-state index contributed by atoms with van der Waals surface area (Å²) in [4.78, 5) is 3.17. The fraction of sp³-hybridized carbons (Fsp3) is 0. The Hall–Kier alpha value is -2.98. The van der Waals surface area contributed by atoms with Gasteiger partial charge in [-0.3, -0.25) is 0 Å². The van der Waals surface area contributed by atoms with Crippen molar-refractivity contribution in [2.24, 2.45) is 10.2 Å². The normalized spacial score (nSPS) is 12.4.